The maximum Gasteiger partial charge on any atom is 0.407 e. The molecule has 0 aliphatic carbocycles. The van der Waals surface area contributed by atoms with Crippen molar-refractivity contribution in [2.75, 3.05) is 44.4 Å². The van der Waals surface area contributed by atoms with Crippen molar-refractivity contribution in [3.05, 3.63) is 29.8 Å². The lowest BCUT2D eigenvalue weighted by atomic mass is 10.1. The van der Waals surface area contributed by atoms with Gasteiger partial charge in [-0.1, -0.05) is 13.3 Å². The monoisotopic (exact) mass is 320 g/mol. The molecule has 1 aromatic carbocycles. The van der Waals surface area contributed by atoms with Crippen molar-refractivity contribution in [3.8, 4) is 0 Å². The number of alkyl carbamates (subject to hydrolysis) is 1. The van der Waals surface area contributed by atoms with Crippen molar-refractivity contribution < 1.29 is 19.1 Å². The van der Waals surface area contributed by atoms with Crippen molar-refractivity contribution in [2.24, 2.45) is 0 Å². The Morgan fingerprint density at radius 3 is 2.57 bits per heavy atom. The normalized spacial score (nSPS) is 14.4. The molecule has 1 fully saturated rings. The van der Waals surface area contributed by atoms with Gasteiger partial charge < -0.3 is 19.7 Å². The van der Waals surface area contributed by atoms with E-state index in [0.29, 0.717) is 12.2 Å². The molecule has 2 rings (SSSR count). The van der Waals surface area contributed by atoms with Crippen LogP contribution in [0.3, 0.4) is 0 Å². The number of Topliss-reactive ketones (excluding diaryl/α,β-unsaturated/α-hetero) is 1. The van der Waals surface area contributed by atoms with Crippen LogP contribution in [-0.2, 0) is 9.47 Å². The second-order valence-electron chi connectivity index (χ2n) is 5.41. The van der Waals surface area contributed by atoms with E-state index in [1.807, 2.05) is 19.1 Å². The Labute approximate surface area is 136 Å². The van der Waals surface area contributed by atoms with Gasteiger partial charge in [0.2, 0.25) is 0 Å². The molecule has 23 heavy (non-hydrogen) atoms. The highest BCUT2D eigenvalue weighted by atomic mass is 16.5. The van der Waals surface area contributed by atoms with Crippen LogP contribution in [0.25, 0.3) is 0 Å². The van der Waals surface area contributed by atoms with Gasteiger partial charge in [0.05, 0.1) is 26.4 Å². The fraction of sp³-hybridized carbons (Fsp3) is 0.529. The van der Waals surface area contributed by atoms with E-state index < -0.39 is 6.09 Å². The van der Waals surface area contributed by atoms with Crippen molar-refractivity contribution in [1.29, 1.82) is 0 Å². The fourth-order valence-electron chi connectivity index (χ4n) is 2.29. The number of carbonyl (C=O) groups excluding carboxylic acids is 2. The summed E-state index contributed by atoms with van der Waals surface area (Å²) in [6.07, 6.45) is 1.24. The minimum Gasteiger partial charge on any atom is -0.450 e. The first-order valence-electron chi connectivity index (χ1n) is 8.07. The standard InChI is InChI=1S/C17H24N2O4/c1-2-3-10-23-17(21)18-13-16(20)14-4-6-15(7-5-14)19-8-11-22-12-9-19/h4-7H,2-3,8-13H2,1H3,(H,18,21). The van der Waals surface area contributed by atoms with Crippen molar-refractivity contribution >= 4 is 17.6 Å². The maximum atomic E-state index is 12.1. The van der Waals surface area contributed by atoms with Crippen LogP contribution in [0.1, 0.15) is 30.1 Å². The van der Waals surface area contributed by atoms with E-state index in [9.17, 15) is 9.59 Å². The number of ether oxygens (including phenoxy) is 2. The maximum absolute atomic E-state index is 12.1. The van der Waals surface area contributed by atoms with Crippen LogP contribution in [0.15, 0.2) is 24.3 Å². The Bertz CT molecular complexity index is 510. The molecule has 1 saturated heterocycles. The topological polar surface area (TPSA) is 67.9 Å². The average molecular weight is 320 g/mol. The fourth-order valence-corrected chi connectivity index (χ4v) is 2.29. The van der Waals surface area contributed by atoms with E-state index in [4.69, 9.17) is 9.47 Å². The molecule has 0 aromatic heterocycles. The number of nitrogens with one attached hydrogen (secondary N) is 1. The second-order valence-corrected chi connectivity index (χ2v) is 5.41. The van der Waals surface area contributed by atoms with Gasteiger partial charge >= 0.3 is 6.09 Å². The zero-order valence-electron chi connectivity index (χ0n) is 13.5. The summed E-state index contributed by atoms with van der Waals surface area (Å²) >= 11 is 0. The molecule has 6 heteroatoms. The summed E-state index contributed by atoms with van der Waals surface area (Å²) in [6, 6.07) is 7.44. The molecule has 1 amide bonds. The highest BCUT2D eigenvalue weighted by Gasteiger charge is 2.13. The second kappa shape index (κ2) is 9.15. The lowest BCUT2D eigenvalue weighted by Crippen LogP contribution is -2.36. The molecule has 1 aromatic rings. The van der Waals surface area contributed by atoms with E-state index in [2.05, 4.69) is 10.2 Å². The molecule has 0 radical (unpaired) electrons. The van der Waals surface area contributed by atoms with Crippen LogP contribution in [0.2, 0.25) is 0 Å². The van der Waals surface area contributed by atoms with Gasteiger partial charge in [-0.15, -0.1) is 0 Å². The Kier molecular flexibility index (Phi) is 6.87. The quantitative estimate of drug-likeness (QED) is 0.616. The molecule has 0 bridgehead atoms. The predicted octanol–water partition coefficient (Wildman–Crippen LogP) is 2.23. The Balaban J connectivity index is 1.79. The van der Waals surface area contributed by atoms with Crippen molar-refractivity contribution in [3.63, 3.8) is 0 Å². The molecule has 1 aliphatic rings. The number of ketones is 1. The molecule has 1 heterocycles. The molecule has 0 spiro atoms. The summed E-state index contributed by atoms with van der Waals surface area (Å²) < 4.78 is 10.3. The number of hydrogen-bond donors (Lipinski definition) is 1. The first kappa shape index (κ1) is 17.3. The van der Waals surface area contributed by atoms with Crippen LogP contribution >= 0.6 is 0 Å². The summed E-state index contributed by atoms with van der Waals surface area (Å²) in [6.45, 7) is 5.52. The highest BCUT2D eigenvalue weighted by molar-refractivity contribution is 5.99. The van der Waals surface area contributed by atoms with E-state index in [-0.39, 0.29) is 12.3 Å². The van der Waals surface area contributed by atoms with Gasteiger partial charge in [-0.3, -0.25) is 4.79 Å². The lowest BCUT2D eigenvalue weighted by Gasteiger charge is -2.28. The molecular weight excluding hydrogens is 296 g/mol. The Hall–Kier alpha value is -2.08. The van der Waals surface area contributed by atoms with Gasteiger partial charge in [0, 0.05) is 24.3 Å². The molecular formula is C17H24N2O4. The summed E-state index contributed by atoms with van der Waals surface area (Å²) in [5.74, 6) is -0.133. The summed E-state index contributed by atoms with van der Waals surface area (Å²) in [5, 5.41) is 2.48. The SMILES string of the molecule is CCCCOC(=O)NCC(=O)c1ccc(N2CCOCC2)cc1. The largest absolute Gasteiger partial charge is 0.450 e. The number of benzene rings is 1. The van der Waals surface area contributed by atoms with Crippen molar-refractivity contribution in [1.82, 2.24) is 5.32 Å². The molecule has 0 unspecified atom stereocenters. The van der Waals surface area contributed by atoms with Gasteiger partial charge in [-0.25, -0.2) is 4.79 Å². The van der Waals surface area contributed by atoms with Gasteiger partial charge in [0.15, 0.2) is 5.78 Å². The van der Waals surface area contributed by atoms with Crippen LogP contribution in [0.5, 0.6) is 0 Å². The first-order valence-corrected chi connectivity index (χ1v) is 8.07. The van der Waals surface area contributed by atoms with Crippen LogP contribution < -0.4 is 10.2 Å². The first-order chi connectivity index (χ1) is 11.2. The number of rotatable bonds is 7. The molecule has 0 saturated carbocycles. The van der Waals surface area contributed by atoms with E-state index in [1.165, 1.54) is 0 Å². The summed E-state index contributed by atoms with van der Waals surface area (Å²) in [5.41, 5.74) is 1.66. The van der Waals surface area contributed by atoms with Crippen LogP contribution in [0.4, 0.5) is 10.5 Å². The third-order valence-corrected chi connectivity index (χ3v) is 3.69. The van der Waals surface area contributed by atoms with Crippen LogP contribution in [0, 0.1) is 0 Å². The third-order valence-electron chi connectivity index (χ3n) is 3.69. The average Bonchev–Trinajstić information content (AvgIpc) is 2.61. The minimum atomic E-state index is -0.545. The number of hydrogen-bond acceptors (Lipinski definition) is 5. The van der Waals surface area contributed by atoms with E-state index in [0.717, 1.165) is 44.8 Å². The molecule has 0 atom stereocenters. The van der Waals surface area contributed by atoms with Crippen LogP contribution in [-0.4, -0.2) is 51.3 Å². The Morgan fingerprint density at radius 2 is 1.91 bits per heavy atom. The zero-order chi connectivity index (χ0) is 16.5. The smallest absolute Gasteiger partial charge is 0.407 e. The van der Waals surface area contributed by atoms with E-state index in [1.54, 1.807) is 12.1 Å². The van der Waals surface area contributed by atoms with Crippen molar-refractivity contribution in [2.45, 2.75) is 19.8 Å². The summed E-state index contributed by atoms with van der Waals surface area (Å²) in [7, 11) is 0. The zero-order valence-corrected chi connectivity index (χ0v) is 13.5. The number of morpholine rings is 1. The van der Waals surface area contributed by atoms with Gasteiger partial charge in [0.1, 0.15) is 0 Å². The molecule has 6 nitrogen and oxygen atoms in total. The summed E-state index contributed by atoms with van der Waals surface area (Å²) in [4.78, 5) is 25.7. The number of carbonyl (C=O) groups is 2. The number of unbranched alkanes of at least 4 members (excludes halogenated alkanes) is 1. The number of nitrogens with zero attached hydrogens (tertiary/aromatic N) is 1. The molecule has 1 aliphatic heterocycles. The molecule has 1 N–H and O–H groups in total. The third kappa shape index (κ3) is 5.56. The highest BCUT2D eigenvalue weighted by Crippen LogP contribution is 2.16. The number of amides is 1. The van der Waals surface area contributed by atoms with E-state index >= 15 is 0 Å². The number of anilines is 1. The van der Waals surface area contributed by atoms with Gasteiger partial charge in [-0.2, -0.15) is 0 Å². The van der Waals surface area contributed by atoms with Gasteiger partial charge in [-0.05, 0) is 30.7 Å². The minimum absolute atomic E-state index is 0.0537. The lowest BCUT2D eigenvalue weighted by molar-refractivity contribution is 0.0976. The Morgan fingerprint density at radius 1 is 1.22 bits per heavy atom. The molecule has 126 valence electrons. The predicted molar refractivity (Wildman–Crippen MR) is 88.1 cm³/mol. The van der Waals surface area contributed by atoms with Gasteiger partial charge in [0.25, 0.3) is 0 Å².